The van der Waals surface area contributed by atoms with Crippen LogP contribution in [0.2, 0.25) is 5.02 Å². The van der Waals surface area contributed by atoms with Crippen LogP contribution < -0.4 is 5.32 Å². The Labute approximate surface area is 134 Å². The number of aromatic nitrogens is 1. The summed E-state index contributed by atoms with van der Waals surface area (Å²) in [7, 11) is 1.26. The van der Waals surface area contributed by atoms with Crippen molar-refractivity contribution in [1.82, 2.24) is 4.98 Å². The summed E-state index contributed by atoms with van der Waals surface area (Å²) in [6, 6.07) is 7.81. The third kappa shape index (κ3) is 3.80. The number of methoxy groups -OCH3 is 1. The first kappa shape index (κ1) is 15.5. The number of esters is 1. The number of anilines is 1. The molecule has 5 nitrogen and oxygen atoms in total. The third-order valence-electron chi connectivity index (χ3n) is 2.62. The zero-order valence-corrected chi connectivity index (χ0v) is 13.2. The highest BCUT2D eigenvalue weighted by atomic mass is 79.9. The number of pyridine rings is 1. The molecule has 2 rings (SSSR count). The van der Waals surface area contributed by atoms with Crippen LogP contribution in [0.25, 0.3) is 0 Å². The number of nitrogens with one attached hydrogen (secondary N) is 1. The number of rotatable bonds is 3. The van der Waals surface area contributed by atoms with Gasteiger partial charge in [0.05, 0.1) is 23.9 Å². The van der Waals surface area contributed by atoms with Gasteiger partial charge in [0, 0.05) is 11.2 Å². The maximum Gasteiger partial charge on any atom is 0.340 e. The van der Waals surface area contributed by atoms with Gasteiger partial charge in [-0.25, -0.2) is 9.78 Å². The van der Waals surface area contributed by atoms with Crippen LogP contribution in [-0.2, 0) is 4.74 Å². The van der Waals surface area contributed by atoms with E-state index in [0.29, 0.717) is 20.9 Å². The van der Waals surface area contributed by atoms with Crippen molar-refractivity contribution in [2.75, 3.05) is 12.4 Å². The van der Waals surface area contributed by atoms with Crippen LogP contribution in [0.5, 0.6) is 0 Å². The summed E-state index contributed by atoms with van der Waals surface area (Å²) >= 11 is 9.04. The number of carbonyl (C=O) groups excluding carboxylic acids is 2. The first-order chi connectivity index (χ1) is 10.0. The van der Waals surface area contributed by atoms with Crippen molar-refractivity contribution in [1.29, 1.82) is 0 Å². The summed E-state index contributed by atoms with van der Waals surface area (Å²) in [6.07, 6.45) is 1.42. The molecule has 1 amide bonds. The van der Waals surface area contributed by atoms with Crippen LogP contribution in [0, 0.1) is 0 Å². The molecule has 0 aliphatic rings. The second-order valence-corrected chi connectivity index (χ2v) is 5.25. The van der Waals surface area contributed by atoms with E-state index in [4.69, 9.17) is 11.6 Å². The molecule has 21 heavy (non-hydrogen) atoms. The molecule has 108 valence electrons. The zero-order chi connectivity index (χ0) is 15.4. The predicted molar refractivity (Wildman–Crippen MR) is 82.7 cm³/mol. The van der Waals surface area contributed by atoms with Crippen LogP contribution >= 0.6 is 27.5 Å². The van der Waals surface area contributed by atoms with E-state index < -0.39 is 5.97 Å². The Kier molecular flexibility index (Phi) is 4.93. The lowest BCUT2D eigenvalue weighted by Gasteiger charge is -2.10. The molecule has 1 heterocycles. The lowest BCUT2D eigenvalue weighted by molar-refractivity contribution is 0.0602. The van der Waals surface area contributed by atoms with Crippen molar-refractivity contribution < 1.29 is 14.3 Å². The van der Waals surface area contributed by atoms with Gasteiger partial charge in [-0.2, -0.15) is 0 Å². The van der Waals surface area contributed by atoms with E-state index >= 15 is 0 Å². The van der Waals surface area contributed by atoms with Crippen LogP contribution in [0.4, 0.5) is 5.69 Å². The molecule has 7 heteroatoms. The van der Waals surface area contributed by atoms with Gasteiger partial charge in [-0.15, -0.1) is 0 Å². The summed E-state index contributed by atoms with van der Waals surface area (Å²) in [5.74, 6) is -0.968. The normalized spacial score (nSPS) is 10.0. The van der Waals surface area contributed by atoms with Crippen LogP contribution in [-0.4, -0.2) is 24.0 Å². The van der Waals surface area contributed by atoms with E-state index in [2.05, 4.69) is 31.0 Å². The number of amides is 1. The van der Waals surface area contributed by atoms with Gasteiger partial charge < -0.3 is 10.1 Å². The molecule has 0 aliphatic heterocycles. The van der Waals surface area contributed by atoms with Gasteiger partial charge in [0.1, 0.15) is 4.60 Å². The Hall–Kier alpha value is -1.92. The highest BCUT2D eigenvalue weighted by molar-refractivity contribution is 9.10. The lowest BCUT2D eigenvalue weighted by Crippen LogP contribution is -2.15. The fourth-order valence-electron chi connectivity index (χ4n) is 1.61. The van der Waals surface area contributed by atoms with Gasteiger partial charge in [-0.3, -0.25) is 4.79 Å². The van der Waals surface area contributed by atoms with E-state index in [-0.39, 0.29) is 11.5 Å². The third-order valence-corrected chi connectivity index (χ3v) is 3.33. The summed E-state index contributed by atoms with van der Waals surface area (Å²) in [6.45, 7) is 0. The minimum Gasteiger partial charge on any atom is -0.465 e. The maximum absolute atomic E-state index is 12.1. The largest absolute Gasteiger partial charge is 0.465 e. The molecule has 2 aromatic rings. The van der Waals surface area contributed by atoms with E-state index in [1.54, 1.807) is 24.3 Å². The number of ether oxygens (including phenoxy) is 1. The molecule has 0 atom stereocenters. The average molecular weight is 370 g/mol. The van der Waals surface area contributed by atoms with Crippen molar-refractivity contribution in [2.24, 2.45) is 0 Å². The number of nitrogens with zero attached hydrogens (tertiary/aromatic N) is 1. The minimum absolute atomic E-state index is 0.184. The van der Waals surface area contributed by atoms with E-state index in [1.807, 2.05) is 0 Å². The van der Waals surface area contributed by atoms with Gasteiger partial charge in [-0.05, 0) is 46.3 Å². The van der Waals surface area contributed by atoms with Gasteiger partial charge >= 0.3 is 5.97 Å². The predicted octanol–water partition coefficient (Wildman–Crippen LogP) is 3.54. The molecule has 0 saturated heterocycles. The van der Waals surface area contributed by atoms with Gasteiger partial charge in [-0.1, -0.05) is 11.6 Å². The molecule has 0 unspecified atom stereocenters. The van der Waals surface area contributed by atoms with Crippen LogP contribution in [0.1, 0.15) is 20.7 Å². The summed E-state index contributed by atoms with van der Waals surface area (Å²) in [4.78, 5) is 27.8. The quantitative estimate of drug-likeness (QED) is 0.664. The second-order valence-electron chi connectivity index (χ2n) is 4.01. The Morgan fingerprint density at radius 3 is 2.67 bits per heavy atom. The van der Waals surface area contributed by atoms with Crippen molar-refractivity contribution in [3.63, 3.8) is 0 Å². The fourth-order valence-corrected chi connectivity index (χ4v) is 2.02. The van der Waals surface area contributed by atoms with E-state index in [0.717, 1.165) is 0 Å². The number of halogens is 2. The highest BCUT2D eigenvalue weighted by Gasteiger charge is 2.15. The topological polar surface area (TPSA) is 68.3 Å². The number of hydrogen-bond donors (Lipinski definition) is 1. The Balaban J connectivity index is 2.28. The van der Waals surface area contributed by atoms with Gasteiger partial charge in [0.15, 0.2) is 0 Å². The van der Waals surface area contributed by atoms with Crippen molar-refractivity contribution in [3.8, 4) is 0 Å². The Bertz CT molecular complexity index is 689. The van der Waals surface area contributed by atoms with Crippen LogP contribution in [0.15, 0.2) is 41.1 Å². The van der Waals surface area contributed by atoms with Crippen molar-refractivity contribution in [3.05, 3.63) is 57.3 Å². The second kappa shape index (κ2) is 6.69. The average Bonchev–Trinajstić information content (AvgIpc) is 2.48. The molecule has 1 aromatic heterocycles. The lowest BCUT2D eigenvalue weighted by atomic mass is 10.1. The maximum atomic E-state index is 12.1. The monoisotopic (exact) mass is 368 g/mol. The molecule has 0 aliphatic carbocycles. The molecular formula is C14H10BrClN2O3. The molecule has 0 radical (unpaired) electrons. The standard InChI is InChI=1S/C14H10BrClN2O3/c1-21-14(20)10-6-9(16)3-4-11(10)18-13(19)8-2-5-12(15)17-7-8/h2-7H,1H3,(H,18,19). The number of hydrogen-bond acceptors (Lipinski definition) is 4. The van der Waals surface area contributed by atoms with Gasteiger partial charge in [0.25, 0.3) is 5.91 Å². The highest BCUT2D eigenvalue weighted by Crippen LogP contribution is 2.22. The fraction of sp³-hybridized carbons (Fsp3) is 0.0714. The molecule has 0 saturated carbocycles. The molecule has 0 fully saturated rings. The molecule has 0 bridgehead atoms. The summed E-state index contributed by atoms with van der Waals surface area (Å²) in [5, 5.41) is 3.01. The first-order valence-electron chi connectivity index (χ1n) is 5.82. The van der Waals surface area contributed by atoms with Crippen molar-refractivity contribution >= 4 is 45.1 Å². The first-order valence-corrected chi connectivity index (χ1v) is 6.99. The van der Waals surface area contributed by atoms with E-state index in [9.17, 15) is 9.59 Å². The summed E-state index contributed by atoms with van der Waals surface area (Å²) < 4.78 is 5.29. The zero-order valence-electron chi connectivity index (χ0n) is 10.9. The van der Waals surface area contributed by atoms with Crippen molar-refractivity contribution in [2.45, 2.75) is 0 Å². The van der Waals surface area contributed by atoms with E-state index in [1.165, 1.54) is 19.4 Å². The number of carbonyl (C=O) groups is 2. The Morgan fingerprint density at radius 2 is 2.05 bits per heavy atom. The van der Waals surface area contributed by atoms with Gasteiger partial charge in [0.2, 0.25) is 0 Å². The Morgan fingerprint density at radius 1 is 1.29 bits per heavy atom. The smallest absolute Gasteiger partial charge is 0.340 e. The number of benzene rings is 1. The SMILES string of the molecule is COC(=O)c1cc(Cl)ccc1NC(=O)c1ccc(Br)nc1. The molecule has 0 spiro atoms. The molecule has 1 N–H and O–H groups in total. The summed E-state index contributed by atoms with van der Waals surface area (Å²) in [5.41, 5.74) is 0.867. The molecule has 1 aromatic carbocycles. The minimum atomic E-state index is -0.582. The molecular weight excluding hydrogens is 360 g/mol. The van der Waals surface area contributed by atoms with Crippen LogP contribution in [0.3, 0.4) is 0 Å².